The summed E-state index contributed by atoms with van der Waals surface area (Å²) in [5.41, 5.74) is 0.848. The SMILES string of the molecule is COc1ccc2c(c1)NCC2C(C)(C)F. The highest BCUT2D eigenvalue weighted by molar-refractivity contribution is 5.61. The summed E-state index contributed by atoms with van der Waals surface area (Å²) in [6.07, 6.45) is 0. The number of rotatable bonds is 2. The van der Waals surface area contributed by atoms with Crippen molar-refractivity contribution in [2.75, 3.05) is 19.0 Å². The minimum Gasteiger partial charge on any atom is -0.497 e. The van der Waals surface area contributed by atoms with Crippen molar-refractivity contribution in [1.82, 2.24) is 0 Å². The van der Waals surface area contributed by atoms with E-state index in [-0.39, 0.29) is 5.92 Å². The molecular formula is C12H16FNO. The van der Waals surface area contributed by atoms with Gasteiger partial charge in [0.15, 0.2) is 0 Å². The summed E-state index contributed by atoms with van der Waals surface area (Å²) in [7, 11) is 1.63. The standard InChI is InChI=1S/C12H16FNO/c1-12(2,13)10-7-14-11-6-8(15-3)4-5-9(10)11/h4-6,10,14H,7H2,1-3H3. The van der Waals surface area contributed by atoms with E-state index in [1.165, 1.54) is 0 Å². The lowest BCUT2D eigenvalue weighted by molar-refractivity contribution is 0.180. The largest absolute Gasteiger partial charge is 0.497 e. The number of hydrogen-bond donors (Lipinski definition) is 1. The first-order valence-corrected chi connectivity index (χ1v) is 5.13. The van der Waals surface area contributed by atoms with Crippen LogP contribution >= 0.6 is 0 Å². The summed E-state index contributed by atoms with van der Waals surface area (Å²) in [6.45, 7) is 3.91. The van der Waals surface area contributed by atoms with Crippen LogP contribution in [-0.2, 0) is 0 Å². The van der Waals surface area contributed by atoms with Crippen molar-refractivity contribution >= 4 is 5.69 Å². The van der Waals surface area contributed by atoms with E-state index < -0.39 is 5.67 Å². The monoisotopic (exact) mass is 209 g/mol. The molecule has 0 saturated carbocycles. The molecule has 0 amide bonds. The maximum Gasteiger partial charge on any atom is 0.120 e. The Morgan fingerprint density at radius 3 is 2.80 bits per heavy atom. The van der Waals surface area contributed by atoms with Gasteiger partial charge < -0.3 is 10.1 Å². The first-order chi connectivity index (χ1) is 7.02. The molecule has 0 bridgehead atoms. The zero-order valence-electron chi connectivity index (χ0n) is 9.30. The number of benzene rings is 1. The molecule has 0 fully saturated rings. The van der Waals surface area contributed by atoms with E-state index in [2.05, 4.69) is 5.32 Å². The molecule has 1 unspecified atom stereocenters. The topological polar surface area (TPSA) is 21.3 Å². The average molecular weight is 209 g/mol. The van der Waals surface area contributed by atoms with Crippen LogP contribution in [0.3, 0.4) is 0 Å². The van der Waals surface area contributed by atoms with Crippen LogP contribution in [0.5, 0.6) is 5.75 Å². The highest BCUT2D eigenvalue weighted by Crippen LogP contribution is 2.41. The fourth-order valence-electron chi connectivity index (χ4n) is 2.05. The van der Waals surface area contributed by atoms with Gasteiger partial charge in [-0.25, -0.2) is 4.39 Å². The third-order valence-electron chi connectivity index (χ3n) is 2.96. The molecule has 0 radical (unpaired) electrons. The normalized spacial score (nSPS) is 19.6. The number of alkyl halides is 1. The Balaban J connectivity index is 2.36. The van der Waals surface area contributed by atoms with E-state index in [1.807, 2.05) is 18.2 Å². The first-order valence-electron chi connectivity index (χ1n) is 5.13. The summed E-state index contributed by atoms with van der Waals surface area (Å²) in [5.74, 6) is 0.733. The van der Waals surface area contributed by atoms with Crippen molar-refractivity contribution in [3.05, 3.63) is 23.8 Å². The van der Waals surface area contributed by atoms with E-state index in [0.717, 1.165) is 17.0 Å². The van der Waals surface area contributed by atoms with Crippen LogP contribution in [-0.4, -0.2) is 19.3 Å². The van der Waals surface area contributed by atoms with Crippen LogP contribution in [0, 0.1) is 0 Å². The van der Waals surface area contributed by atoms with Gasteiger partial charge in [-0.3, -0.25) is 0 Å². The zero-order chi connectivity index (χ0) is 11.1. The molecule has 0 spiro atoms. The third kappa shape index (κ3) is 1.78. The average Bonchev–Trinajstić information content (AvgIpc) is 2.59. The summed E-state index contributed by atoms with van der Waals surface area (Å²) >= 11 is 0. The van der Waals surface area contributed by atoms with Crippen molar-refractivity contribution in [2.45, 2.75) is 25.4 Å². The van der Waals surface area contributed by atoms with Crippen molar-refractivity contribution in [3.63, 3.8) is 0 Å². The van der Waals surface area contributed by atoms with Gasteiger partial charge in [0.2, 0.25) is 0 Å². The lowest BCUT2D eigenvalue weighted by Crippen LogP contribution is -2.25. The lowest BCUT2D eigenvalue weighted by atomic mass is 9.88. The van der Waals surface area contributed by atoms with Gasteiger partial charge >= 0.3 is 0 Å². The van der Waals surface area contributed by atoms with Gasteiger partial charge in [0.1, 0.15) is 11.4 Å². The van der Waals surface area contributed by atoms with Crippen LogP contribution in [0.4, 0.5) is 10.1 Å². The molecule has 1 atom stereocenters. The zero-order valence-corrected chi connectivity index (χ0v) is 9.30. The van der Waals surface area contributed by atoms with Crippen molar-refractivity contribution in [2.24, 2.45) is 0 Å². The second kappa shape index (κ2) is 3.40. The van der Waals surface area contributed by atoms with Crippen LogP contribution in [0.1, 0.15) is 25.3 Å². The van der Waals surface area contributed by atoms with E-state index in [9.17, 15) is 4.39 Å². The number of anilines is 1. The summed E-state index contributed by atoms with van der Waals surface area (Å²) < 4.78 is 19.0. The summed E-state index contributed by atoms with van der Waals surface area (Å²) in [5, 5.41) is 3.21. The molecule has 1 aliphatic rings. The Morgan fingerprint density at radius 2 is 2.20 bits per heavy atom. The molecular weight excluding hydrogens is 193 g/mol. The van der Waals surface area contributed by atoms with Gasteiger partial charge in [0, 0.05) is 24.2 Å². The fourth-order valence-corrected chi connectivity index (χ4v) is 2.05. The van der Waals surface area contributed by atoms with Gasteiger partial charge in [-0.15, -0.1) is 0 Å². The van der Waals surface area contributed by atoms with Gasteiger partial charge in [0.25, 0.3) is 0 Å². The Morgan fingerprint density at radius 1 is 1.47 bits per heavy atom. The van der Waals surface area contributed by atoms with E-state index in [0.29, 0.717) is 6.54 Å². The Hall–Kier alpha value is -1.25. The van der Waals surface area contributed by atoms with Crippen molar-refractivity contribution in [3.8, 4) is 5.75 Å². The number of halogens is 1. The highest BCUT2D eigenvalue weighted by atomic mass is 19.1. The molecule has 1 aromatic rings. The molecule has 1 aliphatic heterocycles. The molecule has 2 rings (SSSR count). The van der Waals surface area contributed by atoms with Gasteiger partial charge in [-0.1, -0.05) is 6.07 Å². The number of hydrogen-bond acceptors (Lipinski definition) is 2. The molecule has 1 heterocycles. The number of nitrogens with one attached hydrogen (secondary N) is 1. The molecule has 1 N–H and O–H groups in total. The minimum atomic E-state index is -1.19. The van der Waals surface area contributed by atoms with Crippen molar-refractivity contribution in [1.29, 1.82) is 0 Å². The third-order valence-corrected chi connectivity index (χ3v) is 2.96. The van der Waals surface area contributed by atoms with Crippen LogP contribution in [0.2, 0.25) is 0 Å². The molecule has 0 aliphatic carbocycles. The minimum absolute atomic E-state index is 0.0709. The summed E-state index contributed by atoms with van der Waals surface area (Å²) in [4.78, 5) is 0. The van der Waals surface area contributed by atoms with E-state index in [1.54, 1.807) is 21.0 Å². The number of methoxy groups -OCH3 is 1. The van der Waals surface area contributed by atoms with Crippen LogP contribution in [0.15, 0.2) is 18.2 Å². The van der Waals surface area contributed by atoms with E-state index >= 15 is 0 Å². The lowest BCUT2D eigenvalue weighted by Gasteiger charge is -2.22. The predicted octanol–water partition coefficient (Wildman–Crippen LogP) is 2.95. The number of ether oxygens (including phenoxy) is 1. The van der Waals surface area contributed by atoms with Crippen LogP contribution < -0.4 is 10.1 Å². The highest BCUT2D eigenvalue weighted by Gasteiger charge is 2.35. The Bertz CT molecular complexity index is 370. The van der Waals surface area contributed by atoms with Gasteiger partial charge in [0.05, 0.1) is 7.11 Å². The fraction of sp³-hybridized carbons (Fsp3) is 0.500. The van der Waals surface area contributed by atoms with Crippen LogP contribution in [0.25, 0.3) is 0 Å². The van der Waals surface area contributed by atoms with Gasteiger partial charge in [-0.2, -0.15) is 0 Å². The molecule has 82 valence electrons. The number of fused-ring (bicyclic) bond motifs is 1. The maximum atomic E-state index is 13.9. The molecule has 15 heavy (non-hydrogen) atoms. The smallest absolute Gasteiger partial charge is 0.120 e. The molecule has 1 aromatic carbocycles. The quantitative estimate of drug-likeness (QED) is 0.808. The van der Waals surface area contributed by atoms with E-state index in [4.69, 9.17) is 4.74 Å². The molecule has 3 heteroatoms. The maximum absolute atomic E-state index is 13.9. The second-order valence-electron chi connectivity index (χ2n) is 4.45. The second-order valence-corrected chi connectivity index (χ2v) is 4.45. The predicted molar refractivity (Wildman–Crippen MR) is 59.4 cm³/mol. The molecule has 2 nitrogen and oxygen atoms in total. The Kier molecular flexibility index (Phi) is 2.33. The molecule has 0 aromatic heterocycles. The summed E-state index contributed by atoms with van der Waals surface area (Å²) in [6, 6.07) is 5.74. The van der Waals surface area contributed by atoms with Gasteiger partial charge in [-0.05, 0) is 25.5 Å². The first kappa shape index (κ1) is 10.3. The van der Waals surface area contributed by atoms with Crippen molar-refractivity contribution < 1.29 is 9.13 Å². The Labute approximate surface area is 89.4 Å². The molecule has 0 saturated heterocycles.